The lowest BCUT2D eigenvalue weighted by Crippen LogP contribution is -2.27. The summed E-state index contributed by atoms with van der Waals surface area (Å²) < 4.78 is 3.18. The number of fused-ring (bicyclic) bond motifs is 1. The summed E-state index contributed by atoms with van der Waals surface area (Å²) in [6.45, 7) is 0. The van der Waals surface area contributed by atoms with Crippen molar-refractivity contribution in [2.24, 2.45) is 17.9 Å². The quantitative estimate of drug-likeness (QED) is 0.573. The molecule has 0 saturated carbocycles. The van der Waals surface area contributed by atoms with Crippen molar-refractivity contribution in [2.75, 3.05) is 0 Å². The molecule has 0 fully saturated rings. The van der Waals surface area contributed by atoms with Crippen LogP contribution in [0, 0.1) is 0 Å². The maximum Gasteiger partial charge on any atom is 0.209 e. The van der Waals surface area contributed by atoms with E-state index in [1.54, 1.807) is 11.3 Å². The number of nitrogens with zero attached hydrogens (tertiary/aromatic N) is 2. The SMILES string of the molecule is Cn1/c(=N\NC(N)=S)sc2ccccc21. The fraction of sp³-hybridized carbons (Fsp3) is 0.111. The number of aryl methyl sites for hydroxylation is 1. The number of thiazole rings is 1. The number of nitrogens with one attached hydrogen (secondary N) is 1. The summed E-state index contributed by atoms with van der Waals surface area (Å²) in [6, 6.07) is 8.11. The highest BCUT2D eigenvalue weighted by atomic mass is 32.1. The lowest BCUT2D eigenvalue weighted by Gasteiger charge is -1.95. The van der Waals surface area contributed by atoms with Crippen LogP contribution in [0.25, 0.3) is 10.2 Å². The molecule has 0 aliphatic rings. The molecule has 1 heterocycles. The van der Waals surface area contributed by atoms with Gasteiger partial charge in [-0.3, -0.25) is 5.43 Å². The van der Waals surface area contributed by atoms with Crippen LogP contribution in [0.2, 0.25) is 0 Å². The van der Waals surface area contributed by atoms with Gasteiger partial charge in [0.2, 0.25) is 4.80 Å². The van der Waals surface area contributed by atoms with Crippen LogP contribution < -0.4 is 16.0 Å². The first-order valence-electron chi connectivity index (χ1n) is 4.32. The van der Waals surface area contributed by atoms with Gasteiger partial charge in [0.25, 0.3) is 0 Å². The molecule has 0 atom stereocenters. The minimum Gasteiger partial charge on any atom is -0.375 e. The smallest absolute Gasteiger partial charge is 0.209 e. The van der Waals surface area contributed by atoms with E-state index < -0.39 is 0 Å². The highest BCUT2D eigenvalue weighted by Crippen LogP contribution is 2.14. The van der Waals surface area contributed by atoms with Crippen molar-refractivity contribution < 1.29 is 0 Å². The first kappa shape index (κ1) is 10.1. The van der Waals surface area contributed by atoms with Crippen LogP contribution in [0.15, 0.2) is 29.4 Å². The van der Waals surface area contributed by atoms with Gasteiger partial charge in [-0.2, -0.15) is 0 Å². The molecule has 2 aromatic rings. The average molecular weight is 238 g/mol. The van der Waals surface area contributed by atoms with Crippen molar-refractivity contribution in [1.82, 2.24) is 9.99 Å². The molecule has 1 aromatic carbocycles. The molecular formula is C9H10N4S2. The molecule has 2 rings (SSSR count). The van der Waals surface area contributed by atoms with E-state index in [0.717, 1.165) is 10.3 Å². The van der Waals surface area contributed by atoms with Crippen LogP contribution >= 0.6 is 23.6 Å². The summed E-state index contributed by atoms with van der Waals surface area (Å²) in [5.41, 5.74) is 9.04. The zero-order valence-corrected chi connectivity index (χ0v) is 9.73. The van der Waals surface area contributed by atoms with E-state index in [1.807, 2.05) is 29.8 Å². The van der Waals surface area contributed by atoms with E-state index in [2.05, 4.69) is 28.8 Å². The molecular weight excluding hydrogens is 228 g/mol. The second kappa shape index (κ2) is 4.00. The fourth-order valence-electron chi connectivity index (χ4n) is 1.29. The monoisotopic (exact) mass is 238 g/mol. The first-order chi connectivity index (χ1) is 7.18. The lowest BCUT2D eigenvalue weighted by atomic mass is 10.3. The van der Waals surface area contributed by atoms with E-state index in [1.165, 1.54) is 4.70 Å². The Morgan fingerprint density at radius 1 is 1.53 bits per heavy atom. The fourth-order valence-corrected chi connectivity index (χ4v) is 2.32. The van der Waals surface area contributed by atoms with Crippen molar-refractivity contribution in [3.8, 4) is 0 Å². The maximum atomic E-state index is 5.31. The summed E-state index contributed by atoms with van der Waals surface area (Å²) in [7, 11) is 1.96. The molecule has 0 amide bonds. The number of benzene rings is 1. The van der Waals surface area contributed by atoms with E-state index in [0.29, 0.717) is 0 Å². The molecule has 0 aliphatic heterocycles. The number of thiocarbonyl (C=S) groups is 1. The number of aromatic nitrogens is 1. The Morgan fingerprint density at radius 3 is 2.93 bits per heavy atom. The Labute approximate surface area is 96.0 Å². The second-order valence-electron chi connectivity index (χ2n) is 3.00. The third-order valence-corrected chi connectivity index (χ3v) is 3.18. The Morgan fingerprint density at radius 2 is 2.27 bits per heavy atom. The zero-order valence-electron chi connectivity index (χ0n) is 8.10. The standard InChI is InChI=1S/C9H10N4S2/c1-13-6-4-2-3-5-7(6)15-9(13)12-11-8(10)14/h2-5H,1H3,(H3,10,11,14)/b12-9+. The van der Waals surface area contributed by atoms with Crippen LogP contribution in [0.1, 0.15) is 0 Å². The number of nitrogens with two attached hydrogens (primary N) is 1. The first-order valence-corrected chi connectivity index (χ1v) is 5.54. The Kier molecular flexibility index (Phi) is 2.70. The molecule has 0 radical (unpaired) electrons. The zero-order chi connectivity index (χ0) is 10.8. The van der Waals surface area contributed by atoms with Gasteiger partial charge in [-0.25, -0.2) is 0 Å². The summed E-state index contributed by atoms with van der Waals surface area (Å²) in [5.74, 6) is 0. The van der Waals surface area contributed by atoms with Crippen molar-refractivity contribution >= 4 is 38.9 Å². The summed E-state index contributed by atoms with van der Waals surface area (Å²) >= 11 is 6.27. The predicted molar refractivity (Wildman–Crippen MR) is 66.3 cm³/mol. The number of rotatable bonds is 1. The van der Waals surface area contributed by atoms with Crippen LogP contribution in [0.3, 0.4) is 0 Å². The molecule has 15 heavy (non-hydrogen) atoms. The van der Waals surface area contributed by atoms with Crippen LogP contribution in [-0.4, -0.2) is 9.68 Å². The van der Waals surface area contributed by atoms with Crippen LogP contribution in [0.4, 0.5) is 0 Å². The molecule has 3 N–H and O–H groups in total. The molecule has 0 unspecified atom stereocenters. The molecule has 6 heteroatoms. The number of hydrogen-bond acceptors (Lipinski definition) is 3. The number of para-hydroxylation sites is 1. The lowest BCUT2D eigenvalue weighted by molar-refractivity contribution is 0.851. The Balaban J connectivity index is 2.58. The van der Waals surface area contributed by atoms with E-state index in [-0.39, 0.29) is 5.11 Å². The van der Waals surface area contributed by atoms with Gasteiger partial charge in [-0.15, -0.1) is 5.10 Å². The van der Waals surface area contributed by atoms with Crippen molar-refractivity contribution in [3.05, 3.63) is 29.1 Å². The maximum absolute atomic E-state index is 5.31. The third kappa shape index (κ3) is 2.00. The molecule has 4 nitrogen and oxygen atoms in total. The minimum atomic E-state index is 0.174. The molecule has 78 valence electrons. The highest BCUT2D eigenvalue weighted by Gasteiger charge is 2.00. The van der Waals surface area contributed by atoms with Crippen molar-refractivity contribution in [1.29, 1.82) is 0 Å². The normalized spacial score (nSPS) is 11.9. The van der Waals surface area contributed by atoms with Gasteiger partial charge in [-0.05, 0) is 24.4 Å². The molecule has 0 saturated heterocycles. The highest BCUT2D eigenvalue weighted by molar-refractivity contribution is 7.80. The summed E-state index contributed by atoms with van der Waals surface area (Å²) in [6.07, 6.45) is 0. The van der Waals surface area contributed by atoms with E-state index in [4.69, 9.17) is 5.73 Å². The average Bonchev–Trinajstić information content (AvgIpc) is 2.54. The Hall–Kier alpha value is -1.40. The third-order valence-electron chi connectivity index (χ3n) is 1.98. The van der Waals surface area contributed by atoms with Gasteiger partial charge < -0.3 is 10.3 Å². The van der Waals surface area contributed by atoms with Crippen molar-refractivity contribution in [2.45, 2.75) is 0 Å². The van der Waals surface area contributed by atoms with Gasteiger partial charge in [0.1, 0.15) is 0 Å². The van der Waals surface area contributed by atoms with Gasteiger partial charge in [0.05, 0.1) is 10.2 Å². The topological polar surface area (TPSA) is 55.3 Å². The Bertz CT molecular complexity index is 567. The molecule has 1 aromatic heterocycles. The van der Waals surface area contributed by atoms with E-state index in [9.17, 15) is 0 Å². The predicted octanol–water partition coefficient (Wildman–Crippen LogP) is 0.889. The molecule has 0 spiro atoms. The van der Waals surface area contributed by atoms with Crippen LogP contribution in [0.5, 0.6) is 0 Å². The second-order valence-corrected chi connectivity index (χ2v) is 4.45. The summed E-state index contributed by atoms with van der Waals surface area (Å²) in [4.78, 5) is 0.837. The van der Waals surface area contributed by atoms with Gasteiger partial charge in [0, 0.05) is 7.05 Å². The minimum absolute atomic E-state index is 0.174. The van der Waals surface area contributed by atoms with Gasteiger partial charge in [0.15, 0.2) is 5.11 Å². The van der Waals surface area contributed by atoms with Crippen LogP contribution in [-0.2, 0) is 7.05 Å². The van der Waals surface area contributed by atoms with Gasteiger partial charge >= 0.3 is 0 Å². The largest absolute Gasteiger partial charge is 0.375 e. The molecule has 0 aliphatic carbocycles. The van der Waals surface area contributed by atoms with E-state index >= 15 is 0 Å². The summed E-state index contributed by atoms with van der Waals surface area (Å²) in [5, 5.41) is 4.28. The molecule has 0 bridgehead atoms. The van der Waals surface area contributed by atoms with Crippen molar-refractivity contribution in [3.63, 3.8) is 0 Å². The number of hydrogen-bond donors (Lipinski definition) is 2. The van der Waals surface area contributed by atoms with Gasteiger partial charge in [-0.1, -0.05) is 23.5 Å².